The molecule has 0 atom stereocenters. The fourth-order valence-corrected chi connectivity index (χ4v) is 1.79. The first-order valence-corrected chi connectivity index (χ1v) is 6.17. The first-order valence-electron chi connectivity index (χ1n) is 6.17. The van der Waals surface area contributed by atoms with Crippen LogP contribution in [0.5, 0.6) is 0 Å². The number of rotatable bonds is 2. The van der Waals surface area contributed by atoms with Crippen molar-refractivity contribution in [1.29, 1.82) is 0 Å². The maximum atomic E-state index is 11.8. The van der Waals surface area contributed by atoms with E-state index in [1.165, 1.54) is 0 Å². The van der Waals surface area contributed by atoms with E-state index in [0.29, 0.717) is 11.5 Å². The van der Waals surface area contributed by atoms with Crippen molar-refractivity contribution in [2.24, 2.45) is 9.98 Å². The predicted octanol–water partition coefficient (Wildman–Crippen LogP) is 2.12. The largest absolute Gasteiger partial charge is 0.292 e. The van der Waals surface area contributed by atoms with E-state index in [1.807, 2.05) is 60.7 Å². The molecule has 1 amide bonds. The molecule has 2 N–H and O–H groups in total. The van der Waals surface area contributed by atoms with E-state index < -0.39 is 0 Å². The highest BCUT2D eigenvalue weighted by Crippen LogP contribution is 2.14. The lowest BCUT2D eigenvalue weighted by Gasteiger charge is -1.98. The number of amides is 1. The maximum Gasteiger partial charge on any atom is 0.292 e. The molecule has 2 aromatic carbocycles. The monoisotopic (exact) mass is 264 g/mol. The van der Waals surface area contributed by atoms with Gasteiger partial charge in [-0.3, -0.25) is 15.6 Å². The van der Waals surface area contributed by atoms with Crippen LogP contribution in [-0.4, -0.2) is 17.5 Å². The second-order valence-electron chi connectivity index (χ2n) is 4.17. The standard InChI is InChI=1S/C15H12N4O/c20-15-13(16-11-7-3-1-4-8-11)14(18-19-15)17-12-9-5-2-6-10-12/h1-10H,(H2,16,17,18,19,20). The van der Waals surface area contributed by atoms with Crippen LogP contribution < -0.4 is 10.9 Å². The predicted molar refractivity (Wildman–Crippen MR) is 78.4 cm³/mol. The number of hydrogen-bond donors (Lipinski definition) is 2. The van der Waals surface area contributed by atoms with Gasteiger partial charge in [-0.25, -0.2) is 9.98 Å². The quantitative estimate of drug-likeness (QED) is 0.872. The van der Waals surface area contributed by atoms with Crippen LogP contribution in [0.15, 0.2) is 70.6 Å². The van der Waals surface area contributed by atoms with Gasteiger partial charge in [-0.05, 0) is 24.3 Å². The summed E-state index contributed by atoms with van der Waals surface area (Å²) < 4.78 is 0. The van der Waals surface area contributed by atoms with Crippen molar-refractivity contribution in [3.05, 3.63) is 60.7 Å². The van der Waals surface area contributed by atoms with Gasteiger partial charge in [-0.2, -0.15) is 0 Å². The van der Waals surface area contributed by atoms with Crippen LogP contribution in [0.1, 0.15) is 0 Å². The van der Waals surface area contributed by atoms with Gasteiger partial charge in [0.05, 0.1) is 11.4 Å². The summed E-state index contributed by atoms with van der Waals surface area (Å²) in [6, 6.07) is 18.7. The fourth-order valence-electron chi connectivity index (χ4n) is 1.79. The molecule has 0 unspecified atom stereocenters. The van der Waals surface area contributed by atoms with Gasteiger partial charge in [-0.15, -0.1) is 0 Å². The molecule has 98 valence electrons. The SMILES string of the molecule is O=C1NNC(=Nc2ccccc2)C1=Nc1ccccc1. The second kappa shape index (κ2) is 5.36. The molecule has 1 fully saturated rings. The third kappa shape index (κ3) is 2.56. The number of aliphatic imine (C=N–C) groups is 2. The van der Waals surface area contributed by atoms with Crippen molar-refractivity contribution in [3.8, 4) is 0 Å². The van der Waals surface area contributed by atoms with Crippen molar-refractivity contribution in [3.63, 3.8) is 0 Å². The van der Waals surface area contributed by atoms with Crippen LogP contribution in [0.2, 0.25) is 0 Å². The van der Waals surface area contributed by atoms with E-state index in [-0.39, 0.29) is 11.6 Å². The Balaban J connectivity index is 1.97. The van der Waals surface area contributed by atoms with Gasteiger partial charge < -0.3 is 0 Å². The molecule has 5 nitrogen and oxygen atoms in total. The molecule has 1 saturated heterocycles. The minimum absolute atomic E-state index is 0.278. The van der Waals surface area contributed by atoms with Gasteiger partial charge in [0, 0.05) is 0 Å². The number of carbonyl (C=O) groups excluding carboxylic acids is 1. The van der Waals surface area contributed by atoms with Crippen molar-refractivity contribution in [2.45, 2.75) is 0 Å². The minimum atomic E-state index is -0.288. The number of amidine groups is 1. The zero-order valence-corrected chi connectivity index (χ0v) is 10.6. The molecule has 0 aliphatic carbocycles. The lowest BCUT2D eigenvalue weighted by Crippen LogP contribution is -2.28. The van der Waals surface area contributed by atoms with Gasteiger partial charge in [-0.1, -0.05) is 36.4 Å². The minimum Gasteiger partial charge on any atom is -0.280 e. The Hall–Kier alpha value is -2.95. The van der Waals surface area contributed by atoms with Crippen LogP contribution in [-0.2, 0) is 4.79 Å². The average molecular weight is 264 g/mol. The van der Waals surface area contributed by atoms with Crippen molar-refractivity contribution >= 4 is 28.8 Å². The lowest BCUT2D eigenvalue weighted by atomic mass is 10.3. The highest BCUT2D eigenvalue weighted by atomic mass is 16.2. The Morgan fingerprint density at radius 3 is 1.85 bits per heavy atom. The van der Waals surface area contributed by atoms with E-state index in [0.717, 1.165) is 5.69 Å². The number of hydrazine groups is 1. The normalized spacial score (nSPS) is 18.1. The summed E-state index contributed by atoms with van der Waals surface area (Å²) >= 11 is 0. The Morgan fingerprint density at radius 2 is 1.25 bits per heavy atom. The Labute approximate surface area is 116 Å². The Kier molecular flexibility index (Phi) is 3.24. The van der Waals surface area contributed by atoms with Gasteiger partial charge in [0.25, 0.3) is 5.91 Å². The number of carbonyl (C=O) groups is 1. The molecule has 0 radical (unpaired) electrons. The molecular formula is C15H12N4O. The molecule has 3 rings (SSSR count). The number of nitrogens with zero attached hydrogens (tertiary/aromatic N) is 2. The molecule has 0 aromatic heterocycles. The summed E-state index contributed by atoms with van der Waals surface area (Å²) in [4.78, 5) is 20.5. The summed E-state index contributed by atoms with van der Waals surface area (Å²) in [7, 11) is 0. The summed E-state index contributed by atoms with van der Waals surface area (Å²) in [6.45, 7) is 0. The summed E-state index contributed by atoms with van der Waals surface area (Å²) in [5, 5.41) is 0. The third-order valence-corrected chi connectivity index (χ3v) is 2.73. The number of nitrogens with one attached hydrogen (secondary N) is 2. The smallest absolute Gasteiger partial charge is 0.280 e. The second-order valence-corrected chi connectivity index (χ2v) is 4.17. The fraction of sp³-hybridized carbons (Fsp3) is 0. The molecule has 5 heteroatoms. The highest BCUT2D eigenvalue weighted by molar-refractivity contribution is 6.69. The number of hydrogen-bond acceptors (Lipinski definition) is 3. The molecule has 20 heavy (non-hydrogen) atoms. The first kappa shape index (κ1) is 12.1. The zero-order valence-electron chi connectivity index (χ0n) is 10.6. The van der Waals surface area contributed by atoms with E-state index in [9.17, 15) is 4.79 Å². The van der Waals surface area contributed by atoms with E-state index >= 15 is 0 Å². The van der Waals surface area contributed by atoms with Crippen molar-refractivity contribution < 1.29 is 4.79 Å². The van der Waals surface area contributed by atoms with Gasteiger partial charge >= 0.3 is 0 Å². The van der Waals surface area contributed by atoms with Crippen LogP contribution in [0.25, 0.3) is 0 Å². The summed E-state index contributed by atoms with van der Waals surface area (Å²) in [6.07, 6.45) is 0. The van der Waals surface area contributed by atoms with E-state index in [4.69, 9.17) is 0 Å². The van der Waals surface area contributed by atoms with Gasteiger partial charge in [0.2, 0.25) is 0 Å². The molecule has 2 aromatic rings. The van der Waals surface area contributed by atoms with Crippen LogP contribution >= 0.6 is 0 Å². The molecule has 1 aliphatic rings. The number of benzene rings is 2. The molecule has 0 spiro atoms. The molecule has 1 heterocycles. The number of para-hydroxylation sites is 2. The maximum absolute atomic E-state index is 11.8. The Bertz CT molecular complexity index is 678. The van der Waals surface area contributed by atoms with Crippen LogP contribution in [0, 0.1) is 0 Å². The van der Waals surface area contributed by atoms with Crippen LogP contribution in [0.4, 0.5) is 11.4 Å². The lowest BCUT2D eigenvalue weighted by molar-refractivity contribution is -0.114. The van der Waals surface area contributed by atoms with Gasteiger partial charge in [0.15, 0.2) is 11.5 Å². The van der Waals surface area contributed by atoms with E-state index in [2.05, 4.69) is 20.8 Å². The van der Waals surface area contributed by atoms with Crippen LogP contribution in [0.3, 0.4) is 0 Å². The summed E-state index contributed by atoms with van der Waals surface area (Å²) in [5.41, 5.74) is 7.00. The van der Waals surface area contributed by atoms with Gasteiger partial charge in [0.1, 0.15) is 0 Å². The molecular weight excluding hydrogens is 252 g/mol. The molecule has 1 aliphatic heterocycles. The van der Waals surface area contributed by atoms with Crippen molar-refractivity contribution in [1.82, 2.24) is 10.9 Å². The topological polar surface area (TPSA) is 65.8 Å². The Morgan fingerprint density at radius 1 is 0.700 bits per heavy atom. The molecule has 0 saturated carbocycles. The first-order chi connectivity index (χ1) is 9.83. The summed E-state index contributed by atoms with van der Waals surface area (Å²) in [5.74, 6) is 0.133. The van der Waals surface area contributed by atoms with Crippen molar-refractivity contribution in [2.75, 3.05) is 0 Å². The highest BCUT2D eigenvalue weighted by Gasteiger charge is 2.25. The zero-order chi connectivity index (χ0) is 13.8. The molecule has 0 bridgehead atoms. The third-order valence-electron chi connectivity index (χ3n) is 2.73. The van der Waals surface area contributed by atoms with E-state index in [1.54, 1.807) is 0 Å². The average Bonchev–Trinajstić information content (AvgIpc) is 2.83.